The van der Waals surface area contributed by atoms with Gasteiger partial charge in [0.15, 0.2) is 0 Å². The van der Waals surface area contributed by atoms with Gasteiger partial charge in [0.05, 0.1) is 17.6 Å². The van der Waals surface area contributed by atoms with Crippen molar-refractivity contribution in [3.05, 3.63) is 33.8 Å². The van der Waals surface area contributed by atoms with E-state index in [1.54, 1.807) is 13.2 Å². The number of hydrogen-bond acceptors (Lipinski definition) is 2. The molecule has 0 aliphatic rings. The zero-order valence-corrected chi connectivity index (χ0v) is 9.76. The third-order valence-corrected chi connectivity index (χ3v) is 3.24. The summed E-state index contributed by atoms with van der Waals surface area (Å²) < 4.78 is 5.90. The average Bonchev–Trinajstić information content (AvgIpc) is 2.23. The van der Waals surface area contributed by atoms with Gasteiger partial charge in [0.2, 0.25) is 5.88 Å². The summed E-state index contributed by atoms with van der Waals surface area (Å²) in [4.78, 5) is 4.27. The Hall–Kier alpha value is -0.800. The Kier molecular flexibility index (Phi) is 2.61. The number of nitrogens with zero attached hydrogens (tertiary/aromatic N) is 1. The molecule has 14 heavy (non-hydrogen) atoms. The van der Waals surface area contributed by atoms with Gasteiger partial charge in [0.1, 0.15) is 0 Å². The molecule has 0 saturated heterocycles. The quantitative estimate of drug-likeness (QED) is 0.790. The molecule has 0 radical (unpaired) electrons. The molecule has 72 valence electrons. The minimum atomic E-state index is 0.593. The summed E-state index contributed by atoms with van der Waals surface area (Å²) in [5, 5.41) is 1.60. The van der Waals surface area contributed by atoms with Crippen molar-refractivity contribution in [3.8, 4) is 5.88 Å². The summed E-state index contributed by atoms with van der Waals surface area (Å²) in [7, 11) is 1.59. The standard InChI is InChI=1S/C10H7BrClNO/c1-14-9-5-2-6-8(13-9)4-3-7(11)10(6)12/h2-5H,1H3. The minimum absolute atomic E-state index is 0.593. The third kappa shape index (κ3) is 1.57. The maximum atomic E-state index is 6.09. The lowest BCUT2D eigenvalue weighted by molar-refractivity contribution is 0.399. The van der Waals surface area contributed by atoms with Crippen molar-refractivity contribution in [2.45, 2.75) is 0 Å². The highest BCUT2D eigenvalue weighted by Gasteiger charge is 2.04. The highest BCUT2D eigenvalue weighted by atomic mass is 79.9. The minimum Gasteiger partial charge on any atom is -0.481 e. The Balaban J connectivity index is 2.74. The van der Waals surface area contributed by atoms with Gasteiger partial charge < -0.3 is 4.74 Å². The lowest BCUT2D eigenvalue weighted by Crippen LogP contribution is -1.88. The van der Waals surface area contributed by atoms with Crippen LogP contribution in [0.1, 0.15) is 0 Å². The smallest absolute Gasteiger partial charge is 0.213 e. The van der Waals surface area contributed by atoms with Crippen LogP contribution in [0.25, 0.3) is 10.9 Å². The van der Waals surface area contributed by atoms with E-state index in [1.807, 2.05) is 18.2 Å². The van der Waals surface area contributed by atoms with Gasteiger partial charge in [-0.1, -0.05) is 11.6 Å². The van der Waals surface area contributed by atoms with Crippen LogP contribution in [-0.4, -0.2) is 12.1 Å². The van der Waals surface area contributed by atoms with Gasteiger partial charge in [0, 0.05) is 15.9 Å². The fraction of sp³-hybridized carbons (Fsp3) is 0.100. The van der Waals surface area contributed by atoms with E-state index >= 15 is 0 Å². The fourth-order valence-electron chi connectivity index (χ4n) is 1.24. The molecule has 0 N–H and O–H groups in total. The van der Waals surface area contributed by atoms with E-state index in [2.05, 4.69) is 20.9 Å². The van der Waals surface area contributed by atoms with Crippen LogP contribution >= 0.6 is 27.5 Å². The number of benzene rings is 1. The first kappa shape index (κ1) is 9.74. The van der Waals surface area contributed by atoms with Gasteiger partial charge in [-0.3, -0.25) is 0 Å². The molecule has 2 nitrogen and oxygen atoms in total. The van der Waals surface area contributed by atoms with E-state index in [0.29, 0.717) is 10.9 Å². The molecule has 0 unspecified atom stereocenters. The number of methoxy groups -OCH3 is 1. The van der Waals surface area contributed by atoms with Crippen LogP contribution in [0, 0.1) is 0 Å². The predicted molar refractivity (Wildman–Crippen MR) is 61.0 cm³/mol. The van der Waals surface area contributed by atoms with Crippen LogP contribution in [0.4, 0.5) is 0 Å². The molecule has 0 saturated carbocycles. The van der Waals surface area contributed by atoms with Crippen molar-refractivity contribution in [1.29, 1.82) is 0 Å². The van der Waals surface area contributed by atoms with Crippen molar-refractivity contribution in [1.82, 2.24) is 4.98 Å². The number of fused-ring (bicyclic) bond motifs is 1. The van der Waals surface area contributed by atoms with Gasteiger partial charge in [0.25, 0.3) is 0 Å². The molecular weight excluding hydrogens is 265 g/mol. The molecule has 0 fully saturated rings. The van der Waals surface area contributed by atoms with Gasteiger partial charge in [-0.05, 0) is 34.1 Å². The van der Waals surface area contributed by atoms with Crippen LogP contribution in [0.3, 0.4) is 0 Å². The lowest BCUT2D eigenvalue weighted by atomic mass is 10.2. The highest BCUT2D eigenvalue weighted by molar-refractivity contribution is 9.10. The van der Waals surface area contributed by atoms with Gasteiger partial charge in [-0.15, -0.1) is 0 Å². The molecule has 0 bridgehead atoms. The van der Waals surface area contributed by atoms with Crippen molar-refractivity contribution >= 4 is 38.4 Å². The van der Waals surface area contributed by atoms with Crippen molar-refractivity contribution < 1.29 is 4.74 Å². The van der Waals surface area contributed by atoms with E-state index in [1.165, 1.54) is 0 Å². The first-order valence-electron chi connectivity index (χ1n) is 4.01. The van der Waals surface area contributed by atoms with Gasteiger partial charge in [-0.2, -0.15) is 0 Å². The summed E-state index contributed by atoms with van der Waals surface area (Å²) in [5.74, 6) is 0.593. The monoisotopic (exact) mass is 271 g/mol. The zero-order chi connectivity index (χ0) is 10.1. The second-order valence-corrected chi connectivity index (χ2v) is 4.01. The molecule has 0 amide bonds. The van der Waals surface area contributed by atoms with E-state index in [9.17, 15) is 0 Å². The van der Waals surface area contributed by atoms with Crippen LogP contribution < -0.4 is 4.74 Å². The maximum Gasteiger partial charge on any atom is 0.213 e. The molecule has 2 rings (SSSR count). The van der Waals surface area contributed by atoms with Gasteiger partial charge >= 0.3 is 0 Å². The Morgan fingerprint density at radius 2 is 2.07 bits per heavy atom. The molecule has 0 spiro atoms. The van der Waals surface area contributed by atoms with Crippen LogP contribution in [0.15, 0.2) is 28.7 Å². The second-order valence-electron chi connectivity index (χ2n) is 2.78. The average molecular weight is 273 g/mol. The Morgan fingerprint density at radius 3 is 2.79 bits per heavy atom. The Bertz CT molecular complexity index is 487. The summed E-state index contributed by atoms with van der Waals surface area (Å²) >= 11 is 9.45. The van der Waals surface area contributed by atoms with Gasteiger partial charge in [-0.25, -0.2) is 4.98 Å². The molecule has 0 aliphatic heterocycles. The van der Waals surface area contributed by atoms with Crippen LogP contribution in [0.2, 0.25) is 5.02 Å². The summed E-state index contributed by atoms with van der Waals surface area (Å²) in [6, 6.07) is 7.46. The molecule has 1 heterocycles. The fourth-order valence-corrected chi connectivity index (χ4v) is 1.81. The molecule has 0 aliphatic carbocycles. The molecule has 0 atom stereocenters. The van der Waals surface area contributed by atoms with Crippen LogP contribution in [-0.2, 0) is 0 Å². The van der Waals surface area contributed by atoms with E-state index < -0.39 is 0 Å². The Morgan fingerprint density at radius 1 is 1.29 bits per heavy atom. The molecule has 1 aromatic carbocycles. The molecule has 4 heteroatoms. The third-order valence-electron chi connectivity index (χ3n) is 1.94. The van der Waals surface area contributed by atoms with Crippen LogP contribution in [0.5, 0.6) is 5.88 Å². The van der Waals surface area contributed by atoms with E-state index in [-0.39, 0.29) is 0 Å². The van der Waals surface area contributed by atoms with Crippen molar-refractivity contribution in [2.75, 3.05) is 7.11 Å². The van der Waals surface area contributed by atoms with E-state index in [4.69, 9.17) is 16.3 Å². The molecular formula is C10H7BrClNO. The summed E-state index contributed by atoms with van der Waals surface area (Å²) in [6.07, 6.45) is 0. The zero-order valence-electron chi connectivity index (χ0n) is 7.42. The Labute approximate surface area is 95.0 Å². The normalized spacial score (nSPS) is 10.5. The van der Waals surface area contributed by atoms with Crippen molar-refractivity contribution in [3.63, 3.8) is 0 Å². The number of hydrogen-bond donors (Lipinski definition) is 0. The number of ether oxygens (including phenoxy) is 1. The number of rotatable bonds is 1. The first-order valence-corrected chi connectivity index (χ1v) is 5.18. The molecule has 1 aromatic heterocycles. The first-order chi connectivity index (χ1) is 6.72. The lowest BCUT2D eigenvalue weighted by Gasteiger charge is -2.03. The highest BCUT2D eigenvalue weighted by Crippen LogP contribution is 2.30. The summed E-state index contributed by atoms with van der Waals surface area (Å²) in [6.45, 7) is 0. The summed E-state index contributed by atoms with van der Waals surface area (Å²) in [5.41, 5.74) is 0.831. The predicted octanol–water partition coefficient (Wildman–Crippen LogP) is 3.66. The maximum absolute atomic E-state index is 6.09. The number of aromatic nitrogens is 1. The van der Waals surface area contributed by atoms with Crippen molar-refractivity contribution in [2.24, 2.45) is 0 Å². The SMILES string of the molecule is COc1ccc2c(Cl)c(Br)ccc2n1. The second kappa shape index (κ2) is 3.75. The molecule has 2 aromatic rings. The van der Waals surface area contributed by atoms with E-state index in [0.717, 1.165) is 15.4 Å². The number of halogens is 2. The largest absolute Gasteiger partial charge is 0.481 e. The topological polar surface area (TPSA) is 22.1 Å². The number of pyridine rings is 1.